The van der Waals surface area contributed by atoms with Gasteiger partial charge in [0.15, 0.2) is 5.96 Å². The third kappa shape index (κ3) is 5.70. The molecule has 3 saturated heterocycles. The van der Waals surface area contributed by atoms with Gasteiger partial charge < -0.3 is 25.2 Å². The molecule has 0 aromatic heterocycles. The maximum Gasteiger partial charge on any atom is 0.191 e. The summed E-state index contributed by atoms with van der Waals surface area (Å²) in [6.07, 6.45) is 8.69. The quantitative estimate of drug-likeness (QED) is 0.350. The van der Waals surface area contributed by atoms with Crippen molar-refractivity contribution in [2.75, 3.05) is 47.4 Å². The summed E-state index contributed by atoms with van der Waals surface area (Å²) in [5, 5.41) is 7.24. The van der Waals surface area contributed by atoms with Crippen molar-refractivity contribution in [1.82, 2.24) is 20.4 Å². The van der Waals surface area contributed by atoms with Crippen molar-refractivity contribution in [3.8, 4) is 0 Å². The second-order valence-corrected chi connectivity index (χ2v) is 8.64. The van der Waals surface area contributed by atoms with E-state index in [0.29, 0.717) is 6.04 Å². The molecule has 0 aliphatic carbocycles. The molecule has 7 heteroatoms. The number of fused-ring (bicyclic) bond motifs is 2. The zero-order chi connectivity index (χ0) is 18.6. The number of piperidine rings is 2. The lowest BCUT2D eigenvalue weighted by molar-refractivity contribution is -0.00258. The van der Waals surface area contributed by atoms with Crippen LogP contribution in [0.4, 0.5) is 0 Å². The zero-order valence-electron chi connectivity index (χ0n) is 17.7. The van der Waals surface area contributed by atoms with Crippen LogP contribution in [0.15, 0.2) is 4.99 Å². The Morgan fingerprint density at radius 3 is 2.37 bits per heavy atom. The summed E-state index contributed by atoms with van der Waals surface area (Å²) in [7, 11) is 6.68. The minimum atomic E-state index is 0. The monoisotopic (exact) mass is 493 g/mol. The van der Waals surface area contributed by atoms with Gasteiger partial charge in [-0.1, -0.05) is 6.42 Å². The third-order valence-corrected chi connectivity index (χ3v) is 6.93. The van der Waals surface area contributed by atoms with Crippen molar-refractivity contribution in [1.29, 1.82) is 0 Å². The third-order valence-electron chi connectivity index (χ3n) is 6.93. The molecule has 3 aliphatic heterocycles. The lowest BCUT2D eigenvalue weighted by atomic mass is 9.82. The minimum absolute atomic E-state index is 0. The topological polar surface area (TPSA) is 52.1 Å². The summed E-state index contributed by atoms with van der Waals surface area (Å²) >= 11 is 0. The molecule has 3 heterocycles. The molecule has 2 atom stereocenters. The van der Waals surface area contributed by atoms with Crippen molar-refractivity contribution in [2.45, 2.75) is 75.5 Å². The van der Waals surface area contributed by atoms with E-state index in [1.54, 1.807) is 0 Å². The number of ether oxygens (including phenoxy) is 1. The van der Waals surface area contributed by atoms with E-state index in [2.05, 4.69) is 48.5 Å². The first-order chi connectivity index (χ1) is 12.5. The second kappa shape index (κ2) is 10.6. The fourth-order valence-corrected chi connectivity index (χ4v) is 4.97. The average Bonchev–Trinajstić information content (AvgIpc) is 2.61. The molecule has 0 radical (unpaired) electrons. The van der Waals surface area contributed by atoms with Gasteiger partial charge in [0.2, 0.25) is 0 Å². The van der Waals surface area contributed by atoms with E-state index in [9.17, 15) is 0 Å². The fraction of sp³-hybridized carbons (Fsp3) is 0.950. The predicted octanol–water partition coefficient (Wildman–Crippen LogP) is 2.29. The van der Waals surface area contributed by atoms with Gasteiger partial charge in [-0.15, -0.1) is 24.0 Å². The Labute approximate surface area is 182 Å². The van der Waals surface area contributed by atoms with Gasteiger partial charge in [-0.3, -0.25) is 4.99 Å². The summed E-state index contributed by atoms with van der Waals surface area (Å²) in [4.78, 5) is 9.99. The standard InChI is InChI=1S/C20H39N5O.HI/c1-5-21-19(22-15-20(24(2)3)9-11-26-12-10-20)23-16-13-17-7-6-8-18(14-16)25(17)4;/h16-18H,5-15H2,1-4H3,(H2,21,22,23);1H. The van der Waals surface area contributed by atoms with Gasteiger partial charge in [-0.05, 0) is 66.6 Å². The predicted molar refractivity (Wildman–Crippen MR) is 123 cm³/mol. The van der Waals surface area contributed by atoms with Crippen molar-refractivity contribution in [3.63, 3.8) is 0 Å². The first kappa shape index (κ1) is 23.2. The Balaban J connectivity index is 0.00000261. The van der Waals surface area contributed by atoms with Crippen LogP contribution < -0.4 is 10.6 Å². The van der Waals surface area contributed by atoms with E-state index < -0.39 is 0 Å². The lowest BCUT2D eigenvalue weighted by Crippen LogP contribution is -2.57. The summed E-state index contributed by atoms with van der Waals surface area (Å²) in [5.41, 5.74) is 0.129. The molecule has 0 spiro atoms. The highest BCUT2D eigenvalue weighted by atomic mass is 127. The fourth-order valence-electron chi connectivity index (χ4n) is 4.97. The molecular weight excluding hydrogens is 453 g/mol. The van der Waals surface area contributed by atoms with E-state index in [1.807, 2.05) is 0 Å². The van der Waals surface area contributed by atoms with Gasteiger partial charge in [0.1, 0.15) is 0 Å². The van der Waals surface area contributed by atoms with E-state index in [4.69, 9.17) is 9.73 Å². The normalized spacial score (nSPS) is 31.3. The van der Waals surface area contributed by atoms with Crippen molar-refractivity contribution < 1.29 is 4.74 Å². The first-order valence-electron chi connectivity index (χ1n) is 10.6. The molecule has 0 amide bonds. The lowest BCUT2D eigenvalue weighted by Gasteiger charge is -2.47. The van der Waals surface area contributed by atoms with Crippen molar-refractivity contribution >= 4 is 29.9 Å². The van der Waals surface area contributed by atoms with Crippen LogP contribution in [0.5, 0.6) is 0 Å². The van der Waals surface area contributed by atoms with Crippen LogP contribution in [-0.2, 0) is 4.74 Å². The average molecular weight is 493 g/mol. The Hall–Kier alpha value is -0.120. The second-order valence-electron chi connectivity index (χ2n) is 8.64. The largest absolute Gasteiger partial charge is 0.381 e. The Morgan fingerprint density at radius 2 is 1.81 bits per heavy atom. The molecule has 2 unspecified atom stereocenters. The van der Waals surface area contributed by atoms with Crippen LogP contribution in [0.1, 0.15) is 51.9 Å². The number of hydrogen-bond acceptors (Lipinski definition) is 4. The van der Waals surface area contributed by atoms with Gasteiger partial charge in [-0.25, -0.2) is 0 Å². The summed E-state index contributed by atoms with van der Waals surface area (Å²) in [5.74, 6) is 0.993. The molecule has 2 N–H and O–H groups in total. The van der Waals surface area contributed by atoms with Gasteiger partial charge in [0, 0.05) is 43.4 Å². The van der Waals surface area contributed by atoms with Crippen LogP contribution in [0, 0.1) is 0 Å². The summed E-state index contributed by atoms with van der Waals surface area (Å²) in [6, 6.07) is 2.03. The molecule has 2 bridgehead atoms. The number of rotatable bonds is 5. The molecule has 27 heavy (non-hydrogen) atoms. The number of likely N-dealkylation sites (N-methyl/N-ethyl adjacent to an activating group) is 1. The number of guanidine groups is 1. The summed E-state index contributed by atoms with van der Waals surface area (Å²) in [6.45, 7) is 5.57. The Bertz CT molecular complexity index is 467. The summed E-state index contributed by atoms with van der Waals surface area (Å²) < 4.78 is 5.59. The van der Waals surface area contributed by atoms with Crippen LogP contribution in [0.2, 0.25) is 0 Å². The number of halogens is 1. The van der Waals surface area contributed by atoms with E-state index in [0.717, 1.165) is 57.2 Å². The first-order valence-corrected chi connectivity index (χ1v) is 10.6. The molecule has 3 fully saturated rings. The Kier molecular flexibility index (Phi) is 9.09. The molecular formula is C20H40IN5O. The van der Waals surface area contributed by atoms with Crippen molar-refractivity contribution in [3.05, 3.63) is 0 Å². The van der Waals surface area contributed by atoms with Crippen LogP contribution in [0.25, 0.3) is 0 Å². The number of nitrogens with zero attached hydrogens (tertiary/aromatic N) is 3. The highest BCUT2D eigenvalue weighted by Gasteiger charge is 2.37. The van der Waals surface area contributed by atoms with Gasteiger partial charge >= 0.3 is 0 Å². The number of nitrogens with one attached hydrogen (secondary N) is 2. The van der Waals surface area contributed by atoms with Crippen LogP contribution in [0.3, 0.4) is 0 Å². The molecule has 158 valence electrons. The minimum Gasteiger partial charge on any atom is -0.381 e. The Morgan fingerprint density at radius 1 is 1.19 bits per heavy atom. The maximum absolute atomic E-state index is 5.59. The van der Waals surface area contributed by atoms with E-state index >= 15 is 0 Å². The van der Waals surface area contributed by atoms with E-state index in [1.165, 1.54) is 32.1 Å². The van der Waals surface area contributed by atoms with Crippen LogP contribution in [-0.4, -0.2) is 86.9 Å². The molecule has 3 aliphatic rings. The molecule has 6 nitrogen and oxygen atoms in total. The highest BCUT2D eigenvalue weighted by molar-refractivity contribution is 14.0. The van der Waals surface area contributed by atoms with Gasteiger partial charge in [0.25, 0.3) is 0 Å². The number of hydrogen-bond donors (Lipinski definition) is 2. The number of aliphatic imine (C=N–C) groups is 1. The van der Waals surface area contributed by atoms with Gasteiger partial charge in [-0.2, -0.15) is 0 Å². The van der Waals surface area contributed by atoms with Gasteiger partial charge in [0.05, 0.1) is 6.54 Å². The highest BCUT2D eigenvalue weighted by Crippen LogP contribution is 2.32. The van der Waals surface area contributed by atoms with Crippen LogP contribution >= 0.6 is 24.0 Å². The molecule has 0 saturated carbocycles. The van der Waals surface area contributed by atoms with Crippen molar-refractivity contribution in [2.24, 2.45) is 4.99 Å². The molecule has 0 aromatic rings. The smallest absolute Gasteiger partial charge is 0.191 e. The SMILES string of the molecule is CCNC(=NCC1(N(C)C)CCOCC1)NC1CC2CCCC(C1)N2C.I. The van der Waals surface area contributed by atoms with E-state index in [-0.39, 0.29) is 29.5 Å². The molecule has 0 aromatic carbocycles. The zero-order valence-corrected chi connectivity index (χ0v) is 20.0. The molecule has 3 rings (SSSR count). The maximum atomic E-state index is 5.59.